The number of hydrogen-bond acceptors (Lipinski definition) is 9. The zero-order chi connectivity index (χ0) is 24.1. The number of hydrogen-bond donors (Lipinski definition) is 2. The van der Waals surface area contributed by atoms with Crippen molar-refractivity contribution in [1.82, 2.24) is 14.8 Å². The lowest BCUT2D eigenvalue weighted by atomic mass is 10.2. The SMILES string of the molecule is N/C=C\N(N)CC1CN(c2ccc(N3CCN(C(=O)CN4CCOCC4)CC3)c(F)c2)C(=O)O1. The van der Waals surface area contributed by atoms with Gasteiger partial charge in [-0.2, -0.15) is 0 Å². The number of amides is 2. The summed E-state index contributed by atoms with van der Waals surface area (Å²) in [5, 5.41) is 1.33. The normalized spacial score (nSPS) is 21.9. The molecular formula is C22H32FN7O4. The summed E-state index contributed by atoms with van der Waals surface area (Å²) < 4.78 is 25.7. The number of anilines is 2. The van der Waals surface area contributed by atoms with Gasteiger partial charge in [-0.05, 0) is 18.2 Å². The van der Waals surface area contributed by atoms with Gasteiger partial charge < -0.3 is 30.0 Å². The van der Waals surface area contributed by atoms with Crippen molar-refractivity contribution < 1.29 is 23.5 Å². The maximum atomic E-state index is 15.0. The van der Waals surface area contributed by atoms with Crippen LogP contribution < -0.4 is 21.4 Å². The number of carbonyl (C=O) groups excluding carboxylic acids is 2. The molecule has 1 aromatic rings. The molecule has 3 fully saturated rings. The molecule has 0 aliphatic carbocycles. The van der Waals surface area contributed by atoms with E-state index in [1.54, 1.807) is 12.1 Å². The van der Waals surface area contributed by atoms with Crippen molar-refractivity contribution in [3.63, 3.8) is 0 Å². The van der Waals surface area contributed by atoms with E-state index in [1.807, 2.05) is 9.80 Å². The molecule has 0 radical (unpaired) electrons. The first-order valence-corrected chi connectivity index (χ1v) is 11.4. The van der Waals surface area contributed by atoms with E-state index in [0.29, 0.717) is 57.3 Å². The average molecular weight is 478 g/mol. The lowest BCUT2D eigenvalue weighted by Crippen LogP contribution is -2.52. The Hall–Kier alpha value is -3.09. The van der Waals surface area contributed by atoms with E-state index in [9.17, 15) is 9.59 Å². The fourth-order valence-corrected chi connectivity index (χ4v) is 4.40. The molecule has 0 saturated carbocycles. The standard InChI is InChI=1S/C22H32FN7O4/c23-19-13-17(30-15-18(34-22(30)32)14-29(25)4-3-24)1-2-20(19)27-5-7-28(8-6-27)21(31)16-26-9-11-33-12-10-26/h1-4,13,18H,5-12,14-16,24-25H2/b4-3-. The minimum Gasteiger partial charge on any atom is -0.442 e. The highest BCUT2D eigenvalue weighted by Crippen LogP contribution is 2.28. The van der Waals surface area contributed by atoms with Gasteiger partial charge in [-0.15, -0.1) is 0 Å². The highest BCUT2D eigenvalue weighted by Gasteiger charge is 2.33. The smallest absolute Gasteiger partial charge is 0.414 e. The van der Waals surface area contributed by atoms with Gasteiger partial charge in [-0.1, -0.05) is 0 Å². The molecule has 11 nitrogen and oxygen atoms in total. The Bertz CT molecular complexity index is 903. The van der Waals surface area contributed by atoms with Gasteiger partial charge in [0.2, 0.25) is 5.91 Å². The zero-order valence-electron chi connectivity index (χ0n) is 19.1. The van der Waals surface area contributed by atoms with Crippen molar-refractivity contribution in [2.24, 2.45) is 11.6 Å². The molecule has 0 spiro atoms. The Morgan fingerprint density at radius 1 is 1.18 bits per heavy atom. The van der Waals surface area contributed by atoms with E-state index in [-0.39, 0.29) is 19.0 Å². The Labute approximate surface area is 198 Å². The number of halogens is 1. The van der Waals surface area contributed by atoms with Gasteiger partial charge in [0, 0.05) is 51.7 Å². The fourth-order valence-electron chi connectivity index (χ4n) is 4.40. The maximum absolute atomic E-state index is 15.0. The Morgan fingerprint density at radius 2 is 1.91 bits per heavy atom. The van der Waals surface area contributed by atoms with Crippen molar-refractivity contribution in [2.45, 2.75) is 6.10 Å². The average Bonchev–Trinajstić information content (AvgIpc) is 3.19. The van der Waals surface area contributed by atoms with Crippen LogP contribution in [0.25, 0.3) is 0 Å². The highest BCUT2D eigenvalue weighted by molar-refractivity contribution is 5.90. The molecule has 3 saturated heterocycles. The lowest BCUT2D eigenvalue weighted by molar-refractivity contribution is -0.133. The van der Waals surface area contributed by atoms with Crippen molar-refractivity contribution in [3.05, 3.63) is 36.4 Å². The summed E-state index contributed by atoms with van der Waals surface area (Å²) in [4.78, 5) is 32.1. The molecule has 34 heavy (non-hydrogen) atoms. The van der Waals surface area contributed by atoms with Crippen LogP contribution in [0.5, 0.6) is 0 Å². The van der Waals surface area contributed by atoms with Crippen LogP contribution in [0.3, 0.4) is 0 Å². The first kappa shape index (κ1) is 24.0. The van der Waals surface area contributed by atoms with E-state index in [4.69, 9.17) is 21.1 Å². The number of morpholine rings is 1. The molecule has 2 amide bonds. The number of benzene rings is 1. The van der Waals surface area contributed by atoms with Crippen LogP contribution in [0.4, 0.5) is 20.6 Å². The number of cyclic esters (lactones) is 1. The van der Waals surface area contributed by atoms with Crippen LogP contribution in [0.15, 0.2) is 30.6 Å². The van der Waals surface area contributed by atoms with Gasteiger partial charge in [0.25, 0.3) is 0 Å². The number of ether oxygens (including phenoxy) is 2. The Morgan fingerprint density at radius 3 is 2.59 bits per heavy atom. The number of rotatable bonds is 7. The number of carbonyl (C=O) groups is 2. The molecule has 3 aliphatic heterocycles. The monoisotopic (exact) mass is 477 g/mol. The van der Waals surface area contributed by atoms with E-state index in [0.717, 1.165) is 13.1 Å². The van der Waals surface area contributed by atoms with Crippen LogP contribution in [0.2, 0.25) is 0 Å². The fraction of sp³-hybridized carbons (Fsp3) is 0.545. The summed E-state index contributed by atoms with van der Waals surface area (Å²) in [6.07, 6.45) is 1.76. The third-order valence-corrected chi connectivity index (χ3v) is 6.24. The third-order valence-electron chi connectivity index (χ3n) is 6.24. The molecule has 4 rings (SSSR count). The van der Waals surface area contributed by atoms with Crippen LogP contribution in [0.1, 0.15) is 0 Å². The second-order valence-electron chi connectivity index (χ2n) is 8.55. The minimum absolute atomic E-state index is 0.0949. The second kappa shape index (κ2) is 10.9. The molecule has 1 unspecified atom stereocenters. The van der Waals surface area contributed by atoms with Crippen LogP contribution in [-0.4, -0.2) is 105 Å². The number of hydrazine groups is 1. The highest BCUT2D eigenvalue weighted by atomic mass is 19.1. The summed E-state index contributed by atoms with van der Waals surface area (Å²) in [5.41, 5.74) is 6.19. The van der Waals surface area contributed by atoms with Crippen molar-refractivity contribution in [3.8, 4) is 0 Å². The van der Waals surface area contributed by atoms with Gasteiger partial charge >= 0.3 is 6.09 Å². The van der Waals surface area contributed by atoms with Gasteiger partial charge in [0.1, 0.15) is 11.9 Å². The zero-order valence-corrected chi connectivity index (χ0v) is 19.1. The number of nitrogens with zero attached hydrogens (tertiary/aromatic N) is 5. The molecule has 3 aliphatic rings. The summed E-state index contributed by atoms with van der Waals surface area (Å²) in [6, 6.07) is 4.72. The quantitative estimate of drug-likeness (QED) is 0.404. The molecule has 1 aromatic carbocycles. The van der Waals surface area contributed by atoms with Crippen molar-refractivity contribution in [2.75, 3.05) is 81.9 Å². The topological polar surface area (TPSA) is 121 Å². The Kier molecular flexibility index (Phi) is 7.70. The molecule has 0 bridgehead atoms. The molecule has 12 heteroatoms. The summed E-state index contributed by atoms with van der Waals surface area (Å²) in [6.45, 7) is 5.93. The lowest BCUT2D eigenvalue weighted by Gasteiger charge is -2.37. The molecule has 0 aromatic heterocycles. The van der Waals surface area contributed by atoms with Crippen molar-refractivity contribution in [1.29, 1.82) is 0 Å². The summed E-state index contributed by atoms with van der Waals surface area (Å²) >= 11 is 0. The van der Waals surface area contributed by atoms with E-state index in [1.165, 1.54) is 28.4 Å². The Balaban J connectivity index is 1.31. The predicted molar refractivity (Wildman–Crippen MR) is 124 cm³/mol. The predicted octanol–water partition coefficient (Wildman–Crippen LogP) is -0.263. The maximum Gasteiger partial charge on any atom is 0.414 e. The largest absolute Gasteiger partial charge is 0.442 e. The molecule has 1 atom stereocenters. The van der Waals surface area contributed by atoms with E-state index < -0.39 is 18.0 Å². The van der Waals surface area contributed by atoms with Crippen LogP contribution in [-0.2, 0) is 14.3 Å². The number of piperazine rings is 1. The van der Waals surface area contributed by atoms with E-state index in [2.05, 4.69) is 4.90 Å². The first-order valence-electron chi connectivity index (χ1n) is 11.4. The number of nitrogens with two attached hydrogens (primary N) is 2. The third kappa shape index (κ3) is 5.69. The second-order valence-corrected chi connectivity index (χ2v) is 8.55. The summed E-state index contributed by atoms with van der Waals surface area (Å²) in [7, 11) is 0. The van der Waals surface area contributed by atoms with Gasteiger partial charge in [0.15, 0.2) is 0 Å². The van der Waals surface area contributed by atoms with Crippen LogP contribution in [0, 0.1) is 5.82 Å². The van der Waals surface area contributed by atoms with E-state index >= 15 is 4.39 Å². The van der Waals surface area contributed by atoms with Gasteiger partial charge in [-0.25, -0.2) is 15.0 Å². The minimum atomic E-state index is -0.547. The molecule has 186 valence electrons. The first-order chi connectivity index (χ1) is 16.4. The molecular weight excluding hydrogens is 445 g/mol. The van der Waals surface area contributed by atoms with Crippen LogP contribution >= 0.6 is 0 Å². The summed E-state index contributed by atoms with van der Waals surface area (Å²) in [5.74, 6) is 5.43. The van der Waals surface area contributed by atoms with Crippen molar-refractivity contribution >= 4 is 23.4 Å². The molecule has 4 N–H and O–H groups in total. The van der Waals surface area contributed by atoms with Gasteiger partial charge in [0.05, 0.1) is 44.2 Å². The van der Waals surface area contributed by atoms with Gasteiger partial charge in [-0.3, -0.25) is 14.6 Å². The molecule has 3 heterocycles.